The molecule has 6 atom stereocenters. The number of carbonyl (C=O) groups excluding carboxylic acids is 1. The zero-order chi connectivity index (χ0) is 26.7. The first-order valence-electron chi connectivity index (χ1n) is 11.5. The predicted octanol–water partition coefficient (Wildman–Crippen LogP) is 2.21. The number of halogens is 1. The van der Waals surface area contributed by atoms with Gasteiger partial charge in [0.25, 0.3) is 0 Å². The summed E-state index contributed by atoms with van der Waals surface area (Å²) in [5, 5.41) is 13.4. The van der Waals surface area contributed by atoms with Gasteiger partial charge in [0.1, 0.15) is 18.2 Å². The van der Waals surface area contributed by atoms with Gasteiger partial charge in [-0.25, -0.2) is 14.5 Å². The van der Waals surface area contributed by atoms with Crippen LogP contribution in [0.4, 0.5) is 10.3 Å². The highest BCUT2D eigenvalue weighted by Gasteiger charge is 2.56. The Balaban J connectivity index is 1.81. The molecule has 0 aliphatic carbocycles. The van der Waals surface area contributed by atoms with Crippen LogP contribution < -0.4 is 15.6 Å². The number of nitrogens with zero attached hydrogens (tertiary/aromatic N) is 4. The second kappa shape index (κ2) is 11.6. The summed E-state index contributed by atoms with van der Waals surface area (Å²) in [6, 6.07) is -0.912. The summed E-state index contributed by atoms with van der Waals surface area (Å²) in [6.07, 6.45) is -2.91. The molecule has 1 aliphatic rings. The fourth-order valence-corrected chi connectivity index (χ4v) is 7.29. The molecule has 36 heavy (non-hydrogen) atoms. The number of esters is 1. The Morgan fingerprint density at radius 2 is 2.14 bits per heavy atom. The maximum absolute atomic E-state index is 15.8. The molecule has 0 spiro atoms. The third-order valence-electron chi connectivity index (χ3n) is 5.36. The zero-order valence-electron chi connectivity index (χ0n) is 20.7. The summed E-state index contributed by atoms with van der Waals surface area (Å²) in [6.45, 7) is 4.27. The van der Waals surface area contributed by atoms with Gasteiger partial charge in [-0.15, -0.1) is 0 Å². The number of aliphatic hydroxyl groups is 1. The standard InChI is InChI=1S/C20H32FN6O7PS/c1-6-31-16-13-15(24-19(22)25-16)27(10-23-13)18-20(5,21)14(28)12(34-18)9-33-35(30,36-8-3)26-11(4)17(29)32-7-2/h10-12,14,18,28H,6-9H2,1-5H3,(H,26,30)(H2,22,24,25)/t11-,12+,14+,18+,20+,35+/m0/s1. The van der Waals surface area contributed by atoms with Crippen molar-refractivity contribution in [3.63, 3.8) is 0 Å². The average molecular weight is 551 g/mol. The van der Waals surface area contributed by atoms with Gasteiger partial charge in [-0.05, 0) is 27.7 Å². The summed E-state index contributed by atoms with van der Waals surface area (Å²) >= 11 is 0.959. The lowest BCUT2D eigenvalue weighted by Crippen LogP contribution is -2.41. The normalized spacial score (nSPS) is 26.6. The smallest absolute Gasteiger partial charge is 0.327 e. The fourth-order valence-electron chi connectivity index (χ4n) is 3.68. The summed E-state index contributed by atoms with van der Waals surface area (Å²) in [7, 11) is 0. The molecular formula is C20H32FN6O7PS. The number of nitrogens with one attached hydrogen (secondary N) is 1. The molecule has 1 fully saturated rings. The SMILES string of the molecule is CCOC(=O)[C@H](C)N[P@@](=O)(OC[C@H]1O[C@@H](n2cnc3c(OCC)nc(N)nc32)[C@](C)(F)[C@@H]1O)SCC. The van der Waals surface area contributed by atoms with E-state index in [-0.39, 0.29) is 29.6 Å². The highest BCUT2D eigenvalue weighted by Crippen LogP contribution is 2.57. The van der Waals surface area contributed by atoms with Crippen LogP contribution in [0.3, 0.4) is 0 Å². The maximum Gasteiger partial charge on any atom is 0.327 e. The van der Waals surface area contributed by atoms with Gasteiger partial charge in [0.05, 0.1) is 26.1 Å². The Kier molecular flexibility index (Phi) is 9.17. The van der Waals surface area contributed by atoms with E-state index in [1.165, 1.54) is 24.7 Å². The van der Waals surface area contributed by atoms with E-state index in [1.807, 2.05) is 0 Å². The Bertz CT molecular complexity index is 1120. The lowest BCUT2D eigenvalue weighted by molar-refractivity contribution is -0.144. The summed E-state index contributed by atoms with van der Waals surface area (Å²) in [5.74, 6) is -0.156. The van der Waals surface area contributed by atoms with Gasteiger partial charge in [-0.1, -0.05) is 18.3 Å². The molecule has 0 aromatic carbocycles. The number of rotatable bonds is 12. The third-order valence-corrected chi connectivity index (χ3v) is 9.57. The van der Waals surface area contributed by atoms with Crippen molar-refractivity contribution in [3.8, 4) is 5.88 Å². The number of nitrogen functional groups attached to an aromatic ring is 1. The molecule has 4 N–H and O–H groups in total. The van der Waals surface area contributed by atoms with Crippen LogP contribution in [0.15, 0.2) is 6.33 Å². The molecular weight excluding hydrogens is 518 g/mol. The molecule has 202 valence electrons. The van der Waals surface area contributed by atoms with Crippen molar-refractivity contribution in [2.45, 2.75) is 64.8 Å². The number of carbonyl (C=O) groups is 1. The minimum atomic E-state index is -3.63. The van der Waals surface area contributed by atoms with E-state index in [9.17, 15) is 14.5 Å². The number of nitrogens with two attached hydrogens (primary N) is 1. The zero-order valence-corrected chi connectivity index (χ0v) is 22.4. The Morgan fingerprint density at radius 3 is 2.78 bits per heavy atom. The number of fused-ring (bicyclic) bond motifs is 1. The number of aliphatic hydroxyl groups excluding tert-OH is 1. The molecule has 3 rings (SSSR count). The van der Waals surface area contributed by atoms with Crippen LogP contribution in [0.2, 0.25) is 0 Å². The van der Waals surface area contributed by atoms with Crippen LogP contribution in [-0.4, -0.2) is 80.1 Å². The van der Waals surface area contributed by atoms with Crippen LogP contribution in [0.5, 0.6) is 5.88 Å². The number of hydrogen-bond acceptors (Lipinski definition) is 12. The molecule has 2 aromatic rings. The highest BCUT2D eigenvalue weighted by atomic mass is 32.7. The molecule has 0 amide bonds. The predicted molar refractivity (Wildman–Crippen MR) is 131 cm³/mol. The van der Waals surface area contributed by atoms with Crippen LogP contribution in [0.25, 0.3) is 11.2 Å². The molecule has 3 heterocycles. The van der Waals surface area contributed by atoms with Gasteiger partial charge >= 0.3 is 12.7 Å². The second-order valence-electron chi connectivity index (χ2n) is 8.08. The third kappa shape index (κ3) is 5.92. The number of ether oxygens (including phenoxy) is 3. The van der Waals surface area contributed by atoms with Gasteiger partial charge in [0, 0.05) is 5.75 Å². The fraction of sp³-hybridized carbons (Fsp3) is 0.700. The Labute approximate surface area is 211 Å². The molecule has 1 aliphatic heterocycles. The van der Waals surface area contributed by atoms with Crippen molar-refractivity contribution in [3.05, 3.63) is 6.33 Å². The monoisotopic (exact) mass is 550 g/mol. The molecule has 1 saturated heterocycles. The summed E-state index contributed by atoms with van der Waals surface area (Å²) < 4.78 is 52.2. The number of hydrogen-bond donors (Lipinski definition) is 3. The largest absolute Gasteiger partial charge is 0.476 e. The van der Waals surface area contributed by atoms with Gasteiger partial charge in [-0.2, -0.15) is 9.97 Å². The van der Waals surface area contributed by atoms with Crippen molar-refractivity contribution in [2.24, 2.45) is 0 Å². The Hall–Kier alpha value is -2.03. The summed E-state index contributed by atoms with van der Waals surface area (Å²) in [4.78, 5) is 24.3. The van der Waals surface area contributed by atoms with Gasteiger partial charge in [-0.3, -0.25) is 13.9 Å². The molecule has 0 bridgehead atoms. The minimum absolute atomic E-state index is 0.106. The van der Waals surface area contributed by atoms with E-state index in [1.54, 1.807) is 20.8 Å². The second-order valence-corrected chi connectivity index (χ2v) is 12.6. The van der Waals surface area contributed by atoms with E-state index in [4.69, 9.17) is 24.5 Å². The number of imidazole rings is 1. The first kappa shape index (κ1) is 28.5. The quantitative estimate of drug-likeness (QED) is 0.260. The topological polar surface area (TPSA) is 173 Å². The van der Waals surface area contributed by atoms with Crippen molar-refractivity contribution in [2.75, 3.05) is 31.3 Å². The average Bonchev–Trinajstić information content (AvgIpc) is 3.31. The summed E-state index contributed by atoms with van der Waals surface area (Å²) in [5.41, 5.74) is 3.89. The van der Waals surface area contributed by atoms with Crippen LogP contribution in [-0.2, 0) is 23.4 Å². The van der Waals surface area contributed by atoms with Crippen molar-refractivity contribution in [1.29, 1.82) is 0 Å². The first-order chi connectivity index (χ1) is 17.0. The number of anilines is 1. The van der Waals surface area contributed by atoms with Crippen LogP contribution in [0, 0.1) is 0 Å². The maximum atomic E-state index is 15.8. The number of aromatic nitrogens is 4. The van der Waals surface area contributed by atoms with Crippen molar-refractivity contribution >= 4 is 41.2 Å². The highest BCUT2D eigenvalue weighted by molar-refractivity contribution is 8.56. The van der Waals surface area contributed by atoms with Gasteiger partial charge in [0.15, 0.2) is 23.1 Å². The lowest BCUT2D eigenvalue weighted by Gasteiger charge is -2.25. The van der Waals surface area contributed by atoms with Crippen LogP contribution in [0.1, 0.15) is 40.8 Å². The minimum Gasteiger partial charge on any atom is -0.476 e. The van der Waals surface area contributed by atoms with E-state index in [0.717, 1.165) is 11.4 Å². The molecule has 16 heteroatoms. The van der Waals surface area contributed by atoms with E-state index in [0.29, 0.717) is 12.4 Å². The lowest BCUT2D eigenvalue weighted by atomic mass is 9.98. The molecule has 0 saturated carbocycles. The molecule has 2 aromatic heterocycles. The first-order valence-corrected chi connectivity index (χ1v) is 14.7. The van der Waals surface area contributed by atoms with Crippen LogP contribution >= 0.6 is 18.1 Å². The van der Waals surface area contributed by atoms with Gasteiger partial charge < -0.3 is 29.6 Å². The van der Waals surface area contributed by atoms with E-state index < -0.39 is 49.4 Å². The van der Waals surface area contributed by atoms with Crippen molar-refractivity contribution < 1.29 is 37.6 Å². The van der Waals surface area contributed by atoms with Crippen molar-refractivity contribution in [1.82, 2.24) is 24.6 Å². The molecule has 0 radical (unpaired) electrons. The number of alkyl halides is 1. The molecule has 0 unspecified atom stereocenters. The molecule has 13 nitrogen and oxygen atoms in total. The Morgan fingerprint density at radius 1 is 1.42 bits per heavy atom. The van der Waals surface area contributed by atoms with E-state index in [2.05, 4.69) is 20.0 Å². The van der Waals surface area contributed by atoms with E-state index >= 15 is 4.39 Å². The van der Waals surface area contributed by atoms with Gasteiger partial charge in [0.2, 0.25) is 11.8 Å².